The van der Waals surface area contributed by atoms with Gasteiger partial charge in [-0.3, -0.25) is 9.59 Å². The number of nitrogens with one attached hydrogen (secondary N) is 2. The van der Waals surface area contributed by atoms with E-state index in [0.29, 0.717) is 17.3 Å². The summed E-state index contributed by atoms with van der Waals surface area (Å²) in [5.74, 6) is 0.166. The summed E-state index contributed by atoms with van der Waals surface area (Å²) in [5, 5.41) is 6.56. The average molecular weight is 364 g/mol. The number of rotatable bonds is 5. The number of amides is 2. The molecule has 0 saturated carbocycles. The second kappa shape index (κ2) is 7.66. The predicted octanol–water partition coefficient (Wildman–Crippen LogP) is 5.00. The van der Waals surface area contributed by atoms with Crippen molar-refractivity contribution in [3.63, 3.8) is 0 Å². The van der Waals surface area contributed by atoms with E-state index >= 15 is 0 Å². The Labute approximate surface area is 158 Å². The van der Waals surface area contributed by atoms with Gasteiger partial charge in [0.15, 0.2) is 0 Å². The fourth-order valence-corrected chi connectivity index (χ4v) is 3.22. The van der Waals surface area contributed by atoms with Crippen molar-refractivity contribution in [2.75, 3.05) is 10.6 Å². The van der Waals surface area contributed by atoms with E-state index in [1.807, 2.05) is 6.07 Å². The Morgan fingerprint density at radius 1 is 1.04 bits per heavy atom. The van der Waals surface area contributed by atoms with Gasteiger partial charge in [-0.15, -0.1) is 0 Å². The van der Waals surface area contributed by atoms with Crippen molar-refractivity contribution in [3.8, 4) is 0 Å². The summed E-state index contributed by atoms with van der Waals surface area (Å²) in [6, 6.07) is 11.2. The number of hydrogen-bond donors (Lipinski definition) is 2. The van der Waals surface area contributed by atoms with Crippen LogP contribution in [-0.2, 0) is 16.0 Å². The van der Waals surface area contributed by atoms with Crippen molar-refractivity contribution in [1.82, 2.24) is 0 Å². The van der Waals surface area contributed by atoms with Gasteiger partial charge in [0.25, 0.3) is 0 Å². The Morgan fingerprint density at radius 3 is 2.26 bits per heavy atom. The molecule has 2 N–H and O–H groups in total. The molecule has 0 fully saturated rings. The van der Waals surface area contributed by atoms with Gasteiger partial charge in [0.1, 0.15) is 5.58 Å². The molecule has 0 aliphatic heterocycles. The van der Waals surface area contributed by atoms with E-state index in [-0.39, 0.29) is 18.2 Å². The fourth-order valence-electron chi connectivity index (χ4n) is 3.22. The molecule has 1 aromatic heterocycles. The first-order valence-corrected chi connectivity index (χ1v) is 9.01. The molecular formula is C22H24N2O3. The summed E-state index contributed by atoms with van der Waals surface area (Å²) >= 11 is 0. The summed E-state index contributed by atoms with van der Waals surface area (Å²) < 4.78 is 5.65. The van der Waals surface area contributed by atoms with Crippen LogP contribution < -0.4 is 10.6 Å². The third kappa shape index (κ3) is 4.37. The molecule has 5 heteroatoms. The molecule has 0 spiro atoms. The van der Waals surface area contributed by atoms with Crippen LogP contribution in [0.15, 0.2) is 47.1 Å². The van der Waals surface area contributed by atoms with E-state index in [9.17, 15) is 9.59 Å². The van der Waals surface area contributed by atoms with Crippen molar-refractivity contribution in [2.45, 2.75) is 40.0 Å². The summed E-state index contributed by atoms with van der Waals surface area (Å²) in [5.41, 5.74) is 5.51. The number of carbonyl (C=O) groups excluding carboxylic acids is 2. The van der Waals surface area contributed by atoms with Crippen LogP contribution in [0.25, 0.3) is 11.0 Å². The van der Waals surface area contributed by atoms with Crippen molar-refractivity contribution in [1.29, 1.82) is 0 Å². The quantitative estimate of drug-likeness (QED) is 0.669. The minimum Gasteiger partial charge on any atom is -0.464 e. The van der Waals surface area contributed by atoms with Gasteiger partial charge in [-0.05, 0) is 60.4 Å². The molecule has 140 valence electrons. The molecule has 0 unspecified atom stereocenters. The van der Waals surface area contributed by atoms with Crippen molar-refractivity contribution in [3.05, 3.63) is 59.4 Å². The summed E-state index contributed by atoms with van der Waals surface area (Å²) in [4.78, 5) is 23.5. The highest BCUT2D eigenvalue weighted by atomic mass is 16.3. The topological polar surface area (TPSA) is 71.3 Å². The second-order valence-corrected chi connectivity index (χ2v) is 7.10. The molecule has 5 nitrogen and oxygen atoms in total. The first-order valence-electron chi connectivity index (χ1n) is 9.01. The smallest absolute Gasteiger partial charge is 0.228 e. The SMILES string of the molecule is CC(=O)Nc1ccc(NC(=O)Cc2coc3cc(C)c(C(C)C)cc23)cc1. The standard InChI is InChI=1S/C22H24N2O3/c1-13(2)19-11-20-16(12-27-21(20)9-14(19)3)10-22(26)24-18-7-5-17(6-8-18)23-15(4)25/h5-9,11-13H,10H2,1-4H3,(H,23,25)(H,24,26). The molecule has 2 amide bonds. The van der Waals surface area contributed by atoms with Crippen LogP contribution >= 0.6 is 0 Å². The zero-order valence-electron chi connectivity index (χ0n) is 16.1. The van der Waals surface area contributed by atoms with E-state index in [4.69, 9.17) is 4.42 Å². The number of fused-ring (bicyclic) bond motifs is 1. The Kier molecular flexibility index (Phi) is 5.31. The number of anilines is 2. The van der Waals surface area contributed by atoms with E-state index in [0.717, 1.165) is 16.5 Å². The summed E-state index contributed by atoms with van der Waals surface area (Å²) in [7, 11) is 0. The maximum atomic E-state index is 12.4. The zero-order chi connectivity index (χ0) is 19.6. The van der Waals surface area contributed by atoms with Crippen molar-refractivity contribution < 1.29 is 14.0 Å². The number of benzene rings is 2. The predicted molar refractivity (Wildman–Crippen MR) is 108 cm³/mol. The minimum absolute atomic E-state index is 0.114. The molecule has 3 rings (SSSR count). The molecule has 0 bridgehead atoms. The van der Waals surface area contributed by atoms with Gasteiger partial charge in [-0.25, -0.2) is 0 Å². The van der Waals surface area contributed by atoms with Gasteiger partial charge >= 0.3 is 0 Å². The van der Waals surface area contributed by atoms with Gasteiger partial charge in [0.2, 0.25) is 11.8 Å². The normalized spacial score (nSPS) is 11.0. The van der Waals surface area contributed by atoms with Gasteiger partial charge in [-0.2, -0.15) is 0 Å². The van der Waals surface area contributed by atoms with Crippen LogP contribution in [0.4, 0.5) is 11.4 Å². The Morgan fingerprint density at radius 2 is 1.67 bits per heavy atom. The molecule has 0 aliphatic rings. The monoisotopic (exact) mass is 364 g/mol. The molecule has 3 aromatic rings. The van der Waals surface area contributed by atoms with E-state index < -0.39 is 0 Å². The first-order chi connectivity index (χ1) is 12.8. The maximum absolute atomic E-state index is 12.4. The lowest BCUT2D eigenvalue weighted by Gasteiger charge is -2.10. The van der Waals surface area contributed by atoms with Gasteiger partial charge in [-0.1, -0.05) is 13.8 Å². The highest BCUT2D eigenvalue weighted by molar-refractivity contribution is 5.96. The van der Waals surface area contributed by atoms with Gasteiger partial charge in [0.05, 0.1) is 12.7 Å². The first kappa shape index (κ1) is 18.7. The van der Waals surface area contributed by atoms with Gasteiger partial charge < -0.3 is 15.1 Å². The molecule has 0 atom stereocenters. The minimum atomic E-state index is -0.130. The van der Waals surface area contributed by atoms with E-state index in [1.54, 1.807) is 30.5 Å². The maximum Gasteiger partial charge on any atom is 0.228 e. The van der Waals surface area contributed by atoms with E-state index in [1.165, 1.54) is 18.1 Å². The van der Waals surface area contributed by atoms with Crippen LogP contribution in [0.1, 0.15) is 43.4 Å². The Hall–Kier alpha value is -3.08. The number of hydrogen-bond acceptors (Lipinski definition) is 3. The lowest BCUT2D eigenvalue weighted by molar-refractivity contribution is -0.116. The highest BCUT2D eigenvalue weighted by Crippen LogP contribution is 2.29. The third-order valence-corrected chi connectivity index (χ3v) is 4.50. The molecule has 0 aliphatic carbocycles. The average Bonchev–Trinajstić information content (AvgIpc) is 2.96. The summed E-state index contributed by atoms with van der Waals surface area (Å²) in [6.07, 6.45) is 1.90. The zero-order valence-corrected chi connectivity index (χ0v) is 16.1. The molecule has 1 heterocycles. The number of aryl methyl sites for hydroxylation is 1. The van der Waals surface area contributed by atoms with Crippen LogP contribution in [0, 0.1) is 6.92 Å². The molecule has 0 radical (unpaired) electrons. The van der Waals surface area contributed by atoms with Gasteiger partial charge in [0, 0.05) is 29.2 Å². The van der Waals surface area contributed by atoms with Crippen LogP contribution in [0.5, 0.6) is 0 Å². The van der Waals surface area contributed by atoms with Crippen LogP contribution in [-0.4, -0.2) is 11.8 Å². The molecule has 0 saturated heterocycles. The van der Waals surface area contributed by atoms with Crippen LogP contribution in [0.2, 0.25) is 0 Å². The largest absolute Gasteiger partial charge is 0.464 e. The fraction of sp³-hybridized carbons (Fsp3) is 0.273. The lowest BCUT2D eigenvalue weighted by atomic mass is 9.95. The summed E-state index contributed by atoms with van der Waals surface area (Å²) in [6.45, 7) is 7.85. The molecule has 27 heavy (non-hydrogen) atoms. The van der Waals surface area contributed by atoms with Crippen molar-refractivity contribution >= 4 is 34.2 Å². The molecular weight excluding hydrogens is 340 g/mol. The number of carbonyl (C=O) groups is 2. The Bertz CT molecular complexity index is 985. The molecule has 2 aromatic carbocycles. The lowest BCUT2D eigenvalue weighted by Crippen LogP contribution is -2.14. The van der Waals surface area contributed by atoms with E-state index in [2.05, 4.69) is 37.5 Å². The highest BCUT2D eigenvalue weighted by Gasteiger charge is 2.14. The second-order valence-electron chi connectivity index (χ2n) is 7.10. The number of furan rings is 1. The Balaban J connectivity index is 1.74. The third-order valence-electron chi connectivity index (χ3n) is 4.50. The van der Waals surface area contributed by atoms with Crippen LogP contribution in [0.3, 0.4) is 0 Å². The van der Waals surface area contributed by atoms with Crippen molar-refractivity contribution in [2.24, 2.45) is 0 Å².